The summed E-state index contributed by atoms with van der Waals surface area (Å²) < 4.78 is 37.6. The van der Waals surface area contributed by atoms with E-state index in [1.807, 2.05) is 24.3 Å². The lowest BCUT2D eigenvalue weighted by Crippen LogP contribution is -2.37. The summed E-state index contributed by atoms with van der Waals surface area (Å²) in [7, 11) is -1.52. The monoisotopic (exact) mass is 423 g/mol. The van der Waals surface area contributed by atoms with Crippen molar-refractivity contribution in [3.63, 3.8) is 0 Å². The lowest BCUT2D eigenvalue weighted by atomic mass is 9.97. The molecule has 0 saturated carbocycles. The van der Waals surface area contributed by atoms with Crippen molar-refractivity contribution >= 4 is 26.3 Å². The van der Waals surface area contributed by atoms with Crippen molar-refractivity contribution in [3.8, 4) is 11.5 Å². The Hall–Kier alpha value is -2.24. The molecule has 0 radical (unpaired) electrons. The first-order valence-corrected chi connectivity index (χ1v) is 11.5. The van der Waals surface area contributed by atoms with E-state index in [1.54, 1.807) is 11.6 Å². The number of hydrogen-bond acceptors (Lipinski definition) is 8. The molecule has 0 spiro atoms. The fourth-order valence-corrected chi connectivity index (χ4v) is 4.87. The number of hydrogen-bond donors (Lipinski definition) is 0. The Balaban J connectivity index is 1.43. The first-order valence-electron chi connectivity index (χ1n) is 8.87. The highest BCUT2D eigenvalue weighted by molar-refractivity contribution is 7.88. The van der Waals surface area contributed by atoms with Crippen molar-refractivity contribution in [2.75, 3.05) is 26.5 Å². The van der Waals surface area contributed by atoms with Crippen LogP contribution in [0, 0.1) is 0 Å². The predicted octanol–water partition coefficient (Wildman–Crippen LogP) is 1.91. The highest BCUT2D eigenvalue weighted by atomic mass is 32.2. The smallest absolute Gasteiger partial charge is 0.234 e. The molecule has 150 valence electrons. The van der Waals surface area contributed by atoms with Gasteiger partial charge >= 0.3 is 0 Å². The quantitative estimate of drug-likeness (QED) is 0.597. The lowest BCUT2D eigenvalue weighted by molar-refractivity contribution is 0.301. The van der Waals surface area contributed by atoms with Crippen LogP contribution in [0.5, 0.6) is 11.5 Å². The van der Waals surface area contributed by atoms with Crippen LogP contribution >= 0.6 is 11.3 Å². The van der Waals surface area contributed by atoms with Crippen LogP contribution in [0.25, 0.3) is 4.96 Å². The summed E-state index contributed by atoms with van der Waals surface area (Å²) in [6.07, 6.45) is 2.67. The van der Waals surface area contributed by atoms with Crippen LogP contribution in [0.1, 0.15) is 29.6 Å². The summed E-state index contributed by atoms with van der Waals surface area (Å²) in [5.74, 6) is 2.44. The van der Waals surface area contributed by atoms with Gasteiger partial charge in [0.05, 0.1) is 13.4 Å². The van der Waals surface area contributed by atoms with Crippen molar-refractivity contribution in [1.82, 2.24) is 24.1 Å². The minimum atomic E-state index is -3.14. The van der Waals surface area contributed by atoms with Crippen molar-refractivity contribution in [2.45, 2.75) is 25.4 Å². The van der Waals surface area contributed by atoms with Crippen LogP contribution in [-0.2, 0) is 16.6 Å². The molecule has 2 aromatic heterocycles. The van der Waals surface area contributed by atoms with Crippen molar-refractivity contribution in [3.05, 3.63) is 35.1 Å². The molecular weight excluding hydrogens is 402 g/mol. The van der Waals surface area contributed by atoms with Gasteiger partial charge in [0.15, 0.2) is 10.8 Å². The zero-order valence-corrected chi connectivity index (χ0v) is 17.2. The second-order valence-corrected chi connectivity index (χ2v) is 9.67. The Kier molecular flexibility index (Phi) is 5.21. The molecule has 3 aromatic rings. The molecule has 1 aromatic carbocycles. The first-order chi connectivity index (χ1) is 13.4. The van der Waals surface area contributed by atoms with E-state index in [4.69, 9.17) is 9.47 Å². The summed E-state index contributed by atoms with van der Waals surface area (Å²) in [5, 5.41) is 13.9. The second-order valence-electron chi connectivity index (χ2n) is 6.65. The maximum atomic E-state index is 11.7. The van der Waals surface area contributed by atoms with Crippen molar-refractivity contribution in [2.24, 2.45) is 0 Å². The number of sulfonamides is 1. The van der Waals surface area contributed by atoms with Crippen LogP contribution < -0.4 is 9.47 Å². The number of aromatic nitrogens is 4. The summed E-state index contributed by atoms with van der Waals surface area (Å²) in [5.41, 5.74) is 0. The molecular formula is C17H21N5O4S2. The second kappa shape index (κ2) is 7.64. The third-order valence-corrected chi connectivity index (χ3v) is 6.94. The van der Waals surface area contributed by atoms with Crippen LogP contribution in [0.15, 0.2) is 24.3 Å². The number of methoxy groups -OCH3 is 1. The summed E-state index contributed by atoms with van der Waals surface area (Å²) in [6.45, 7) is 1.33. The molecule has 0 atom stereocenters. The highest BCUT2D eigenvalue weighted by Gasteiger charge is 2.29. The zero-order valence-electron chi connectivity index (χ0n) is 15.6. The van der Waals surface area contributed by atoms with Gasteiger partial charge in [-0.05, 0) is 37.1 Å². The maximum Gasteiger partial charge on any atom is 0.234 e. The minimum absolute atomic E-state index is 0.144. The van der Waals surface area contributed by atoms with Gasteiger partial charge in [-0.3, -0.25) is 0 Å². The summed E-state index contributed by atoms with van der Waals surface area (Å²) >= 11 is 1.44. The maximum absolute atomic E-state index is 11.7. The molecule has 1 aliphatic rings. The number of piperidine rings is 1. The van der Waals surface area contributed by atoms with Gasteiger partial charge in [-0.2, -0.15) is 9.61 Å². The Morgan fingerprint density at radius 2 is 1.82 bits per heavy atom. The standard InChI is InChI=1S/C17H21N5O4S2/c1-25-13-3-5-14(6-4-13)26-11-15-20-22-16(18-19-17(22)27-15)12-7-9-21(10-8-12)28(2,23)24/h3-6,12H,7-11H2,1-2H3. The third-order valence-electron chi connectivity index (χ3n) is 4.77. The van der Waals surface area contributed by atoms with E-state index in [2.05, 4.69) is 15.3 Å². The van der Waals surface area contributed by atoms with Gasteiger partial charge in [-0.1, -0.05) is 11.3 Å². The molecule has 9 nitrogen and oxygen atoms in total. The molecule has 3 heterocycles. The number of ether oxygens (including phenoxy) is 2. The normalized spacial score (nSPS) is 16.5. The molecule has 0 N–H and O–H groups in total. The SMILES string of the molecule is COc1ccc(OCc2nn3c(C4CCN(S(C)(=O)=O)CC4)nnc3s2)cc1. The van der Waals surface area contributed by atoms with E-state index in [9.17, 15) is 8.42 Å². The Morgan fingerprint density at radius 1 is 1.14 bits per heavy atom. The molecule has 1 saturated heterocycles. The predicted molar refractivity (Wildman–Crippen MR) is 104 cm³/mol. The molecule has 0 amide bonds. The van der Waals surface area contributed by atoms with Gasteiger partial charge in [0.25, 0.3) is 0 Å². The molecule has 28 heavy (non-hydrogen) atoms. The number of benzene rings is 1. The molecule has 11 heteroatoms. The lowest BCUT2D eigenvalue weighted by Gasteiger charge is -2.28. The summed E-state index contributed by atoms with van der Waals surface area (Å²) in [4.78, 5) is 0.717. The van der Waals surface area contributed by atoms with Gasteiger partial charge < -0.3 is 9.47 Å². The fraction of sp³-hybridized carbons (Fsp3) is 0.471. The summed E-state index contributed by atoms with van der Waals surface area (Å²) in [6, 6.07) is 7.38. The zero-order chi connectivity index (χ0) is 19.7. The molecule has 0 unspecified atom stereocenters. The van der Waals surface area contributed by atoms with Gasteiger partial charge in [0, 0.05) is 19.0 Å². The first kappa shape index (κ1) is 19.1. The fourth-order valence-electron chi connectivity index (χ4n) is 3.25. The van der Waals surface area contributed by atoms with E-state index in [0.29, 0.717) is 37.5 Å². The van der Waals surface area contributed by atoms with E-state index < -0.39 is 10.0 Å². The van der Waals surface area contributed by atoms with Crippen LogP contribution in [0.4, 0.5) is 0 Å². The average molecular weight is 424 g/mol. The minimum Gasteiger partial charge on any atom is -0.497 e. The van der Waals surface area contributed by atoms with E-state index >= 15 is 0 Å². The number of nitrogens with zero attached hydrogens (tertiary/aromatic N) is 5. The van der Waals surface area contributed by atoms with E-state index in [-0.39, 0.29) is 5.92 Å². The molecule has 0 aliphatic carbocycles. The van der Waals surface area contributed by atoms with Gasteiger partial charge in [0.2, 0.25) is 15.0 Å². The van der Waals surface area contributed by atoms with Crippen molar-refractivity contribution < 1.29 is 17.9 Å². The number of rotatable bonds is 6. The molecule has 1 fully saturated rings. The van der Waals surface area contributed by atoms with Crippen LogP contribution in [0.2, 0.25) is 0 Å². The third kappa shape index (κ3) is 3.96. The number of fused-ring (bicyclic) bond motifs is 1. The highest BCUT2D eigenvalue weighted by Crippen LogP contribution is 2.29. The molecule has 1 aliphatic heterocycles. The average Bonchev–Trinajstić information content (AvgIpc) is 3.26. The topological polar surface area (TPSA) is 98.9 Å². The van der Waals surface area contributed by atoms with Gasteiger partial charge in [-0.25, -0.2) is 12.7 Å². The Labute approximate surface area is 167 Å². The Bertz CT molecular complexity index is 1050. The van der Waals surface area contributed by atoms with Gasteiger partial charge in [0.1, 0.15) is 18.1 Å². The Morgan fingerprint density at radius 3 is 2.46 bits per heavy atom. The largest absolute Gasteiger partial charge is 0.497 e. The van der Waals surface area contributed by atoms with Crippen LogP contribution in [0.3, 0.4) is 0 Å². The van der Waals surface area contributed by atoms with Gasteiger partial charge in [-0.15, -0.1) is 10.2 Å². The molecule has 4 rings (SSSR count). The molecule has 0 bridgehead atoms. The van der Waals surface area contributed by atoms with E-state index in [0.717, 1.165) is 22.3 Å². The van der Waals surface area contributed by atoms with Crippen LogP contribution in [-0.4, -0.2) is 59.0 Å². The van der Waals surface area contributed by atoms with Crippen molar-refractivity contribution in [1.29, 1.82) is 0 Å². The van der Waals surface area contributed by atoms with E-state index in [1.165, 1.54) is 21.9 Å².